The molecule has 0 nitrogen and oxygen atoms in total. The van der Waals surface area contributed by atoms with Crippen LogP contribution in [0.3, 0.4) is 0 Å². The maximum absolute atomic E-state index is 6.17. The third-order valence-electron chi connectivity index (χ3n) is 2.51. The van der Waals surface area contributed by atoms with Crippen LogP contribution in [0.25, 0.3) is 0 Å². The molecule has 0 aliphatic rings. The molecule has 0 saturated heterocycles. The van der Waals surface area contributed by atoms with Crippen molar-refractivity contribution in [1.29, 1.82) is 0 Å². The molecular weight excluding hydrogens is 307 g/mol. The van der Waals surface area contributed by atoms with Crippen LogP contribution in [-0.4, -0.2) is 4.83 Å². The Morgan fingerprint density at radius 3 is 2.50 bits per heavy atom. The van der Waals surface area contributed by atoms with Gasteiger partial charge in [-0.1, -0.05) is 59.9 Å². The summed E-state index contributed by atoms with van der Waals surface area (Å²) in [5.74, 6) is 0. The van der Waals surface area contributed by atoms with Crippen molar-refractivity contribution in [1.82, 2.24) is 0 Å². The highest BCUT2D eigenvalue weighted by Gasteiger charge is 2.21. The first-order valence-corrected chi connectivity index (χ1v) is 7.05. The maximum Gasteiger partial charge on any atom is 0.0439 e. The Hall–Kier alpha value is 0.280. The Morgan fingerprint density at radius 1 is 1.31 bits per heavy atom. The molecule has 1 unspecified atom stereocenters. The van der Waals surface area contributed by atoms with Crippen molar-refractivity contribution in [3.8, 4) is 0 Å². The van der Waals surface area contributed by atoms with E-state index in [0.29, 0.717) is 4.83 Å². The molecule has 16 heavy (non-hydrogen) atoms. The van der Waals surface area contributed by atoms with Gasteiger partial charge in [0, 0.05) is 14.9 Å². The Labute approximate surface area is 116 Å². The van der Waals surface area contributed by atoms with E-state index in [9.17, 15) is 0 Å². The van der Waals surface area contributed by atoms with Crippen LogP contribution in [-0.2, 0) is 6.42 Å². The first-order chi connectivity index (χ1) is 7.30. The van der Waals surface area contributed by atoms with Crippen LogP contribution < -0.4 is 0 Å². The minimum absolute atomic E-state index is 0.219. The van der Waals surface area contributed by atoms with Gasteiger partial charge in [-0.25, -0.2) is 0 Å². The third-order valence-corrected chi connectivity index (χ3v) is 3.44. The fraction of sp³-hybridized carbons (Fsp3) is 0.538. The van der Waals surface area contributed by atoms with Crippen LogP contribution in [0.2, 0.25) is 10.0 Å². The Morgan fingerprint density at radius 2 is 1.94 bits per heavy atom. The molecule has 0 radical (unpaired) electrons. The van der Waals surface area contributed by atoms with Crippen LogP contribution >= 0.6 is 39.1 Å². The van der Waals surface area contributed by atoms with Gasteiger partial charge in [0.1, 0.15) is 0 Å². The fourth-order valence-corrected chi connectivity index (χ4v) is 3.28. The summed E-state index contributed by atoms with van der Waals surface area (Å²) >= 11 is 15.7. The minimum Gasteiger partial charge on any atom is -0.0893 e. The molecule has 0 fully saturated rings. The van der Waals surface area contributed by atoms with E-state index in [0.717, 1.165) is 28.5 Å². The molecule has 3 heteroatoms. The molecule has 0 heterocycles. The SMILES string of the molecule is CC(Br)CC(C)(C)Cc1cc(Cl)ccc1Cl. The maximum atomic E-state index is 6.17. The van der Waals surface area contributed by atoms with E-state index in [4.69, 9.17) is 23.2 Å². The van der Waals surface area contributed by atoms with Crippen LogP contribution in [0, 0.1) is 5.41 Å². The van der Waals surface area contributed by atoms with Gasteiger partial charge in [-0.15, -0.1) is 0 Å². The van der Waals surface area contributed by atoms with Crippen molar-refractivity contribution in [3.05, 3.63) is 33.8 Å². The molecule has 0 aliphatic heterocycles. The van der Waals surface area contributed by atoms with E-state index >= 15 is 0 Å². The van der Waals surface area contributed by atoms with Gasteiger partial charge in [0.15, 0.2) is 0 Å². The van der Waals surface area contributed by atoms with E-state index in [1.54, 1.807) is 0 Å². The second kappa shape index (κ2) is 5.75. The predicted molar refractivity (Wildman–Crippen MR) is 77.0 cm³/mol. The summed E-state index contributed by atoms with van der Waals surface area (Å²) in [6.45, 7) is 6.67. The van der Waals surface area contributed by atoms with Gasteiger partial charge < -0.3 is 0 Å². The monoisotopic (exact) mass is 322 g/mol. The topological polar surface area (TPSA) is 0 Å². The molecule has 0 amide bonds. The quantitative estimate of drug-likeness (QED) is 0.620. The standard InChI is InChI=1S/C13H17BrCl2/c1-9(14)7-13(2,3)8-10-6-11(15)4-5-12(10)16/h4-6,9H,7-8H2,1-3H3. The van der Waals surface area contributed by atoms with E-state index in [-0.39, 0.29) is 5.41 Å². The molecular formula is C13H17BrCl2. The minimum atomic E-state index is 0.219. The van der Waals surface area contributed by atoms with Crippen molar-refractivity contribution in [2.45, 2.75) is 38.4 Å². The van der Waals surface area contributed by atoms with Gasteiger partial charge in [-0.05, 0) is 42.0 Å². The summed E-state index contributed by atoms with van der Waals surface area (Å²) in [6, 6.07) is 5.66. The van der Waals surface area contributed by atoms with E-state index in [1.807, 2.05) is 18.2 Å². The lowest BCUT2D eigenvalue weighted by Gasteiger charge is -2.26. The van der Waals surface area contributed by atoms with Gasteiger partial charge in [0.05, 0.1) is 0 Å². The summed E-state index contributed by atoms with van der Waals surface area (Å²) in [4.78, 5) is 0.514. The van der Waals surface area contributed by atoms with Crippen LogP contribution in [0.5, 0.6) is 0 Å². The van der Waals surface area contributed by atoms with Crippen molar-refractivity contribution >= 4 is 39.1 Å². The number of halogens is 3. The molecule has 0 aliphatic carbocycles. The first-order valence-electron chi connectivity index (χ1n) is 5.38. The molecule has 90 valence electrons. The van der Waals surface area contributed by atoms with Gasteiger partial charge in [-0.2, -0.15) is 0 Å². The summed E-state index contributed by atoms with van der Waals surface area (Å²) in [5, 5.41) is 1.56. The van der Waals surface area contributed by atoms with Gasteiger partial charge in [0.25, 0.3) is 0 Å². The first kappa shape index (κ1) is 14.3. The lowest BCUT2D eigenvalue weighted by atomic mass is 9.82. The third kappa shape index (κ3) is 4.65. The summed E-state index contributed by atoms with van der Waals surface area (Å²) < 4.78 is 0. The van der Waals surface area contributed by atoms with Crippen molar-refractivity contribution in [2.24, 2.45) is 5.41 Å². The summed E-state index contributed by atoms with van der Waals surface area (Å²) in [6.07, 6.45) is 2.05. The number of hydrogen-bond donors (Lipinski definition) is 0. The summed E-state index contributed by atoms with van der Waals surface area (Å²) in [7, 11) is 0. The van der Waals surface area contributed by atoms with E-state index in [2.05, 4.69) is 36.7 Å². The molecule has 0 spiro atoms. The second-order valence-corrected chi connectivity index (χ2v) is 7.47. The predicted octanol–water partition coefficient (Wildman–Crippen LogP) is 5.74. The van der Waals surface area contributed by atoms with Crippen LogP contribution in [0.4, 0.5) is 0 Å². The average molecular weight is 324 g/mol. The highest BCUT2D eigenvalue weighted by atomic mass is 79.9. The van der Waals surface area contributed by atoms with Crippen molar-refractivity contribution < 1.29 is 0 Å². The largest absolute Gasteiger partial charge is 0.0893 e. The smallest absolute Gasteiger partial charge is 0.0439 e. The summed E-state index contributed by atoms with van der Waals surface area (Å²) in [5.41, 5.74) is 1.35. The Bertz CT molecular complexity index is 359. The van der Waals surface area contributed by atoms with Gasteiger partial charge >= 0.3 is 0 Å². The Kier molecular flexibility index (Phi) is 5.15. The average Bonchev–Trinajstić information content (AvgIpc) is 2.08. The lowest BCUT2D eigenvalue weighted by molar-refractivity contribution is 0.335. The number of hydrogen-bond acceptors (Lipinski definition) is 0. The molecule has 0 bridgehead atoms. The van der Waals surface area contributed by atoms with Crippen molar-refractivity contribution in [3.63, 3.8) is 0 Å². The Balaban J connectivity index is 2.82. The number of rotatable bonds is 4. The zero-order valence-corrected chi connectivity index (χ0v) is 13.0. The number of alkyl halides is 1. The van der Waals surface area contributed by atoms with E-state index in [1.165, 1.54) is 0 Å². The van der Waals surface area contributed by atoms with Gasteiger partial charge in [0.2, 0.25) is 0 Å². The molecule has 1 atom stereocenters. The van der Waals surface area contributed by atoms with E-state index < -0.39 is 0 Å². The molecule has 1 aromatic carbocycles. The number of benzene rings is 1. The van der Waals surface area contributed by atoms with Crippen LogP contribution in [0.15, 0.2) is 18.2 Å². The lowest BCUT2D eigenvalue weighted by Crippen LogP contribution is -2.18. The molecule has 0 N–H and O–H groups in total. The molecule has 1 aromatic rings. The zero-order valence-electron chi connectivity index (χ0n) is 9.86. The van der Waals surface area contributed by atoms with Crippen LogP contribution in [0.1, 0.15) is 32.8 Å². The normalized spacial score (nSPS) is 13.9. The fourth-order valence-electron chi connectivity index (χ4n) is 2.03. The second-order valence-electron chi connectivity index (χ2n) is 5.06. The molecule has 0 saturated carbocycles. The molecule has 0 aromatic heterocycles. The molecule has 1 rings (SSSR count). The highest BCUT2D eigenvalue weighted by Crippen LogP contribution is 2.33. The zero-order chi connectivity index (χ0) is 12.3. The van der Waals surface area contributed by atoms with Gasteiger partial charge in [-0.3, -0.25) is 0 Å². The van der Waals surface area contributed by atoms with Crippen molar-refractivity contribution in [2.75, 3.05) is 0 Å². The highest BCUT2D eigenvalue weighted by molar-refractivity contribution is 9.09.